The lowest BCUT2D eigenvalue weighted by Gasteiger charge is -2.45. The quantitative estimate of drug-likeness (QED) is 0.284. The number of hydrogen-bond acceptors (Lipinski definition) is 9. The zero-order valence-electron chi connectivity index (χ0n) is 30.5. The molecule has 1 aromatic carbocycles. The number of esters is 1. The molecule has 1 unspecified atom stereocenters. The molecule has 1 aromatic rings. The number of ether oxygens (including phenoxy) is 4. The molecule has 0 aromatic heterocycles. The van der Waals surface area contributed by atoms with E-state index in [1.807, 2.05) is 39.6 Å². The van der Waals surface area contributed by atoms with Gasteiger partial charge in [-0.1, -0.05) is 25.4 Å². The highest BCUT2D eigenvalue weighted by atomic mass is 35.5. The Kier molecular flexibility index (Phi) is 14.2. The van der Waals surface area contributed by atoms with Crippen molar-refractivity contribution in [1.29, 1.82) is 0 Å². The number of carbonyl (C=O) groups is 3. The van der Waals surface area contributed by atoms with Gasteiger partial charge in [-0.25, -0.2) is 4.58 Å². The summed E-state index contributed by atoms with van der Waals surface area (Å²) >= 11 is 6.04. The fourth-order valence-corrected chi connectivity index (χ4v) is 7.09. The van der Waals surface area contributed by atoms with Crippen LogP contribution in [0.3, 0.4) is 0 Å². The third kappa shape index (κ3) is 9.85. The van der Waals surface area contributed by atoms with E-state index in [0.717, 1.165) is 18.8 Å². The molecule has 0 spiro atoms. The summed E-state index contributed by atoms with van der Waals surface area (Å²) in [5.41, 5.74) is -1.28. The van der Waals surface area contributed by atoms with E-state index in [0.29, 0.717) is 36.4 Å². The molecule has 1 amide bonds. The summed E-state index contributed by atoms with van der Waals surface area (Å²) in [4.78, 5) is 45.2. The lowest BCUT2D eigenvalue weighted by atomic mass is 9.74. The first-order valence-corrected chi connectivity index (χ1v) is 17.3. The van der Waals surface area contributed by atoms with Crippen molar-refractivity contribution in [1.82, 2.24) is 9.80 Å². The maximum atomic E-state index is 14.3. The second kappa shape index (κ2) is 17.0. The Hall–Kier alpha value is -2.41. The molecule has 0 saturated carbocycles. The highest BCUT2D eigenvalue weighted by molar-refractivity contribution is 6.30. The Morgan fingerprint density at radius 3 is 2.31 bits per heavy atom. The first kappa shape index (κ1) is 40.0. The molecule has 11 nitrogen and oxygen atoms in total. The first-order chi connectivity index (χ1) is 22.4. The molecule has 1 N–H and O–H groups in total. The third-order valence-corrected chi connectivity index (χ3v) is 9.95. The summed E-state index contributed by atoms with van der Waals surface area (Å²) in [7, 11) is 7.37. The maximum absolute atomic E-state index is 14.3. The average Bonchev–Trinajstić information content (AvgIpc) is 3.02. The number of halogens is 1. The number of ketones is 1. The number of nitrogens with zero attached hydrogens (tertiary/aromatic N) is 3. The molecule has 3 rings (SSSR count). The normalized spacial score (nSPS) is 32.0. The first-order valence-electron chi connectivity index (χ1n) is 16.9. The smallest absolute Gasteiger partial charge is 0.319 e. The number of amides is 1. The predicted octanol–water partition coefficient (Wildman–Crippen LogP) is 3.92. The number of hydrogen-bond donors (Lipinski definition) is 1. The number of carbonyl (C=O) groups excluding carboxylic acids is 3. The van der Waals surface area contributed by atoms with E-state index in [4.69, 9.17) is 30.5 Å². The SMILES string of the molecule is CO[C@]1(C)C[C@@H](C)CN(C)CCCN(C(=O)c2ccc(Cl)cc2)CCOC(=O)C(C)(C)C(=O)[C@H](C)[C@H]1OC1O[C@H](C)CC(=[N+](C)C)[C@H]1O. The van der Waals surface area contributed by atoms with Gasteiger partial charge in [0.15, 0.2) is 23.9 Å². The molecule has 2 heterocycles. The molecular weight excluding hydrogens is 638 g/mol. The van der Waals surface area contributed by atoms with Crippen LogP contribution in [0.4, 0.5) is 0 Å². The van der Waals surface area contributed by atoms with Crippen LogP contribution in [0, 0.1) is 17.3 Å². The van der Waals surface area contributed by atoms with Gasteiger partial charge in [0.1, 0.15) is 26.1 Å². The summed E-state index contributed by atoms with van der Waals surface area (Å²) in [6, 6.07) is 6.70. The molecular formula is C36H57ClN3O8+. The largest absolute Gasteiger partial charge is 0.463 e. The maximum Gasteiger partial charge on any atom is 0.319 e. The van der Waals surface area contributed by atoms with Gasteiger partial charge in [0.2, 0.25) is 0 Å². The number of rotatable bonds is 4. The second-order valence-electron chi connectivity index (χ2n) is 14.6. The number of aliphatic hydroxyl groups excluding tert-OH is 1. The average molecular weight is 695 g/mol. The predicted molar refractivity (Wildman–Crippen MR) is 185 cm³/mol. The van der Waals surface area contributed by atoms with Gasteiger partial charge in [-0.3, -0.25) is 14.4 Å². The van der Waals surface area contributed by atoms with Crippen LogP contribution in [0.5, 0.6) is 0 Å². The van der Waals surface area contributed by atoms with Crippen LogP contribution in [0.2, 0.25) is 5.02 Å². The van der Waals surface area contributed by atoms with E-state index in [-0.39, 0.29) is 36.9 Å². The number of aliphatic hydroxyl groups is 1. The van der Waals surface area contributed by atoms with Crippen LogP contribution in [0.15, 0.2) is 24.3 Å². The Morgan fingerprint density at radius 2 is 1.71 bits per heavy atom. The Balaban J connectivity index is 1.96. The van der Waals surface area contributed by atoms with Gasteiger partial charge in [-0.2, -0.15) is 0 Å². The number of methoxy groups -OCH3 is 1. The van der Waals surface area contributed by atoms with Crippen LogP contribution >= 0.6 is 11.6 Å². The molecule has 2 saturated heterocycles. The molecule has 0 radical (unpaired) electrons. The van der Waals surface area contributed by atoms with Gasteiger partial charge in [-0.05, 0) is 84.3 Å². The zero-order chi connectivity index (χ0) is 36.0. The molecule has 48 heavy (non-hydrogen) atoms. The Morgan fingerprint density at radius 1 is 1.06 bits per heavy atom. The van der Waals surface area contributed by atoms with E-state index in [9.17, 15) is 19.5 Å². The van der Waals surface area contributed by atoms with Crippen LogP contribution in [-0.2, 0) is 28.5 Å². The van der Waals surface area contributed by atoms with E-state index in [1.54, 1.807) is 57.0 Å². The fourth-order valence-electron chi connectivity index (χ4n) is 6.97. The highest BCUT2D eigenvalue weighted by Crippen LogP contribution is 2.37. The van der Waals surface area contributed by atoms with E-state index in [1.165, 1.54) is 0 Å². The summed E-state index contributed by atoms with van der Waals surface area (Å²) < 4.78 is 26.5. The van der Waals surface area contributed by atoms with Crippen molar-refractivity contribution in [2.45, 2.75) is 91.0 Å². The van der Waals surface area contributed by atoms with Crippen molar-refractivity contribution < 1.29 is 43.0 Å². The van der Waals surface area contributed by atoms with Crippen molar-refractivity contribution in [3.63, 3.8) is 0 Å². The third-order valence-electron chi connectivity index (χ3n) is 9.70. The number of benzene rings is 1. The molecule has 2 aliphatic rings. The minimum atomic E-state index is -1.54. The minimum Gasteiger partial charge on any atom is -0.463 e. The summed E-state index contributed by atoms with van der Waals surface area (Å²) in [5.74, 6) is -2.02. The molecule has 2 aliphatic heterocycles. The van der Waals surface area contributed by atoms with E-state index < -0.39 is 41.4 Å². The number of Topliss-reactive ketones (excluding diaryl/α,β-unsaturated/α-hetero) is 1. The summed E-state index contributed by atoms with van der Waals surface area (Å²) in [5, 5.41) is 11.8. The Bertz CT molecular complexity index is 1300. The van der Waals surface area contributed by atoms with Gasteiger partial charge in [0, 0.05) is 36.7 Å². The summed E-state index contributed by atoms with van der Waals surface area (Å²) in [6.07, 6.45) is -1.45. The molecule has 7 atom stereocenters. The van der Waals surface area contributed by atoms with Crippen molar-refractivity contribution in [2.75, 3.05) is 61.0 Å². The monoisotopic (exact) mass is 694 g/mol. The van der Waals surface area contributed by atoms with Crippen molar-refractivity contribution in [3.8, 4) is 0 Å². The van der Waals surface area contributed by atoms with E-state index >= 15 is 0 Å². The summed E-state index contributed by atoms with van der Waals surface area (Å²) in [6.45, 7) is 12.8. The molecule has 0 bridgehead atoms. The topological polar surface area (TPSA) is 118 Å². The Labute approximate surface area is 291 Å². The fraction of sp³-hybridized carbons (Fsp3) is 0.722. The van der Waals surface area contributed by atoms with Crippen molar-refractivity contribution in [2.24, 2.45) is 17.3 Å². The molecule has 0 aliphatic carbocycles. The minimum absolute atomic E-state index is 0.0744. The van der Waals surface area contributed by atoms with Crippen molar-refractivity contribution >= 4 is 35.0 Å². The molecule has 2 fully saturated rings. The van der Waals surface area contributed by atoms with Gasteiger partial charge in [0.05, 0.1) is 30.8 Å². The van der Waals surface area contributed by atoms with Gasteiger partial charge in [-0.15, -0.1) is 0 Å². The highest BCUT2D eigenvalue weighted by Gasteiger charge is 2.51. The van der Waals surface area contributed by atoms with Gasteiger partial charge in [0.25, 0.3) is 5.91 Å². The van der Waals surface area contributed by atoms with Crippen LogP contribution in [-0.4, -0.2) is 134 Å². The lowest BCUT2D eigenvalue weighted by molar-refractivity contribution is -0.473. The lowest BCUT2D eigenvalue weighted by Crippen LogP contribution is -2.58. The standard InChI is InChI=1S/C36H57ClN3O8/c1-23-21-36(6,45-10)31(48-33-29(41)28(38(7)8)20-24(2)47-33)25(3)30(42)35(4,5)34(44)46-19-18-40(17-11-16-39(9)22-23)32(43)26-12-14-27(37)15-13-26/h12-15,23-25,29,31,33,41H,11,16-22H2,1-10H3/q+1/t23-,24-,25+,29-,31-,33?,36-/m1/s1. The molecule has 270 valence electrons. The molecule has 12 heteroatoms. The van der Waals surface area contributed by atoms with Crippen LogP contribution in [0.1, 0.15) is 71.2 Å². The second-order valence-corrected chi connectivity index (χ2v) is 15.0. The van der Waals surface area contributed by atoms with Gasteiger partial charge >= 0.3 is 5.97 Å². The number of cyclic esters (lactones) is 1. The van der Waals surface area contributed by atoms with Gasteiger partial charge < -0.3 is 33.9 Å². The van der Waals surface area contributed by atoms with Crippen LogP contribution in [0.25, 0.3) is 0 Å². The van der Waals surface area contributed by atoms with Crippen LogP contribution < -0.4 is 0 Å². The zero-order valence-corrected chi connectivity index (χ0v) is 31.2. The van der Waals surface area contributed by atoms with Crippen molar-refractivity contribution in [3.05, 3.63) is 34.9 Å². The van der Waals surface area contributed by atoms with E-state index in [2.05, 4.69) is 11.8 Å².